The Morgan fingerprint density at radius 1 is 1.50 bits per heavy atom. The fourth-order valence-electron chi connectivity index (χ4n) is 1.51. The lowest BCUT2D eigenvalue weighted by Gasteiger charge is -2.14. The van der Waals surface area contributed by atoms with Crippen molar-refractivity contribution in [3.05, 3.63) is 36.0 Å². The molecule has 1 N–H and O–H groups in total. The Labute approximate surface area is 88.2 Å². The van der Waals surface area contributed by atoms with Crippen LogP contribution < -0.4 is 5.32 Å². The van der Waals surface area contributed by atoms with Gasteiger partial charge in [0.25, 0.3) is 0 Å². The average Bonchev–Trinajstić information content (AvgIpc) is 2.52. The molecule has 0 saturated heterocycles. The molecule has 1 heterocycles. The van der Waals surface area contributed by atoms with Gasteiger partial charge < -0.3 is 5.32 Å². The molecule has 3 nitrogen and oxygen atoms in total. The summed E-state index contributed by atoms with van der Waals surface area (Å²) >= 11 is 1.50. The van der Waals surface area contributed by atoms with Crippen LogP contribution in [-0.4, -0.2) is 18.5 Å². The van der Waals surface area contributed by atoms with Crippen molar-refractivity contribution in [1.82, 2.24) is 5.32 Å². The minimum absolute atomic E-state index is 0.168. The molecule has 1 aliphatic heterocycles. The molecular weight excluding hydrogens is 194 g/mol. The third-order valence-electron chi connectivity index (χ3n) is 2.27. The van der Waals surface area contributed by atoms with Crippen molar-refractivity contribution in [2.75, 3.05) is 7.05 Å². The first-order chi connectivity index (χ1) is 6.92. The summed E-state index contributed by atoms with van der Waals surface area (Å²) in [7, 11) is 1.94. The average molecular weight is 207 g/mol. The summed E-state index contributed by atoms with van der Waals surface area (Å²) in [6.07, 6.45) is 11.6. The van der Waals surface area contributed by atoms with E-state index in [-0.39, 0.29) is 11.4 Å². The van der Waals surface area contributed by atoms with E-state index in [2.05, 4.69) is 45.3 Å². The molecule has 4 heteroatoms. The van der Waals surface area contributed by atoms with E-state index in [0.29, 0.717) is 0 Å². The van der Waals surface area contributed by atoms with Crippen LogP contribution in [0.2, 0.25) is 0 Å². The normalized spacial score (nSPS) is 30.5. The molecule has 0 spiro atoms. The molecular formula is C10H13N3S. The zero-order valence-corrected chi connectivity index (χ0v) is 8.87. The number of likely N-dealkylation sites (N-methyl/N-ethyl adjacent to an activating group) is 1. The fraction of sp³-hybridized carbons (Fsp3) is 0.400. The predicted molar refractivity (Wildman–Crippen MR) is 60.1 cm³/mol. The third-order valence-corrected chi connectivity index (χ3v) is 3.18. The molecule has 0 aromatic heterocycles. The molecule has 1 aliphatic carbocycles. The van der Waals surface area contributed by atoms with Crippen molar-refractivity contribution in [3.63, 3.8) is 0 Å². The zero-order valence-electron chi connectivity index (χ0n) is 8.05. The molecule has 2 atom stereocenters. The monoisotopic (exact) mass is 207 g/mol. The molecule has 2 rings (SSSR count). The van der Waals surface area contributed by atoms with Gasteiger partial charge in [-0.1, -0.05) is 30.4 Å². The summed E-state index contributed by atoms with van der Waals surface area (Å²) in [6.45, 7) is 0. The van der Waals surface area contributed by atoms with Crippen molar-refractivity contribution in [1.29, 1.82) is 0 Å². The SMILES string of the molecule is CNC1SN=NC1C1=CCC=CC=C1. The lowest BCUT2D eigenvalue weighted by molar-refractivity contribution is 0.654. The van der Waals surface area contributed by atoms with E-state index in [1.807, 2.05) is 7.05 Å². The van der Waals surface area contributed by atoms with Gasteiger partial charge in [-0.2, -0.15) is 5.11 Å². The lowest BCUT2D eigenvalue weighted by Crippen LogP contribution is -2.31. The van der Waals surface area contributed by atoms with E-state index in [1.54, 1.807) is 0 Å². The van der Waals surface area contributed by atoms with E-state index in [9.17, 15) is 0 Å². The second kappa shape index (κ2) is 4.57. The maximum absolute atomic E-state index is 4.23. The molecule has 2 unspecified atom stereocenters. The Bertz CT molecular complexity index is 317. The summed E-state index contributed by atoms with van der Waals surface area (Å²) in [5.74, 6) is 0. The van der Waals surface area contributed by atoms with E-state index in [1.165, 1.54) is 17.5 Å². The van der Waals surface area contributed by atoms with Crippen LogP contribution in [0.1, 0.15) is 6.42 Å². The van der Waals surface area contributed by atoms with Gasteiger partial charge in [-0.3, -0.25) is 0 Å². The molecule has 0 radical (unpaired) electrons. The van der Waals surface area contributed by atoms with Crippen molar-refractivity contribution in [3.8, 4) is 0 Å². The summed E-state index contributed by atoms with van der Waals surface area (Å²) in [5, 5.41) is 7.72. The van der Waals surface area contributed by atoms with Gasteiger partial charge in [0.15, 0.2) is 0 Å². The smallest absolute Gasteiger partial charge is 0.123 e. The quantitative estimate of drug-likeness (QED) is 0.706. The molecule has 2 aliphatic rings. The first kappa shape index (κ1) is 9.68. The standard InChI is InChI=1S/C10H13N3S/c1-11-10-9(12-13-14-10)8-6-4-2-3-5-7-8/h2-4,6-7,9-11H,5H2,1H3. The Morgan fingerprint density at radius 2 is 2.43 bits per heavy atom. The van der Waals surface area contributed by atoms with Gasteiger partial charge in [0, 0.05) is 11.9 Å². The fourth-order valence-corrected chi connectivity index (χ4v) is 2.20. The molecule has 0 amide bonds. The maximum atomic E-state index is 4.23. The maximum Gasteiger partial charge on any atom is 0.123 e. The van der Waals surface area contributed by atoms with Gasteiger partial charge in [0.2, 0.25) is 0 Å². The van der Waals surface area contributed by atoms with Crippen LogP contribution in [0.5, 0.6) is 0 Å². The molecule has 0 aromatic carbocycles. The highest BCUT2D eigenvalue weighted by Gasteiger charge is 2.27. The van der Waals surface area contributed by atoms with Crippen LogP contribution in [-0.2, 0) is 0 Å². The second-order valence-corrected chi connectivity index (χ2v) is 4.07. The highest BCUT2D eigenvalue weighted by Crippen LogP contribution is 2.30. The first-order valence-corrected chi connectivity index (χ1v) is 5.52. The van der Waals surface area contributed by atoms with Crippen LogP contribution in [0.4, 0.5) is 0 Å². The number of nitrogens with one attached hydrogen (secondary N) is 1. The van der Waals surface area contributed by atoms with Crippen molar-refractivity contribution in [2.45, 2.75) is 17.8 Å². The Kier molecular flexibility index (Phi) is 3.16. The van der Waals surface area contributed by atoms with Crippen LogP contribution in [0.15, 0.2) is 45.6 Å². The summed E-state index contributed by atoms with van der Waals surface area (Å²) in [4.78, 5) is 0. The number of allylic oxidation sites excluding steroid dienone is 4. The largest absolute Gasteiger partial charge is 0.305 e. The number of hydrogen-bond acceptors (Lipinski definition) is 4. The van der Waals surface area contributed by atoms with E-state index in [4.69, 9.17) is 0 Å². The van der Waals surface area contributed by atoms with Crippen molar-refractivity contribution < 1.29 is 0 Å². The minimum Gasteiger partial charge on any atom is -0.305 e. The van der Waals surface area contributed by atoms with Gasteiger partial charge >= 0.3 is 0 Å². The van der Waals surface area contributed by atoms with Gasteiger partial charge in [-0.05, 0) is 19.0 Å². The minimum atomic E-state index is 0.168. The summed E-state index contributed by atoms with van der Waals surface area (Å²) < 4.78 is 4.01. The first-order valence-electron chi connectivity index (χ1n) is 4.68. The third kappa shape index (κ3) is 1.96. The molecule has 0 fully saturated rings. The van der Waals surface area contributed by atoms with Crippen LogP contribution >= 0.6 is 11.9 Å². The van der Waals surface area contributed by atoms with Gasteiger partial charge in [-0.15, -0.1) is 4.52 Å². The van der Waals surface area contributed by atoms with Crippen LogP contribution in [0, 0.1) is 0 Å². The predicted octanol–water partition coefficient (Wildman–Crippen LogP) is 2.46. The zero-order chi connectivity index (χ0) is 9.80. The van der Waals surface area contributed by atoms with Gasteiger partial charge in [0.1, 0.15) is 11.4 Å². The Morgan fingerprint density at radius 3 is 3.29 bits per heavy atom. The van der Waals surface area contributed by atoms with Gasteiger partial charge in [0.05, 0.1) is 0 Å². The van der Waals surface area contributed by atoms with E-state index < -0.39 is 0 Å². The molecule has 0 aromatic rings. The van der Waals surface area contributed by atoms with E-state index in [0.717, 1.165) is 6.42 Å². The van der Waals surface area contributed by atoms with Crippen LogP contribution in [0.25, 0.3) is 0 Å². The van der Waals surface area contributed by atoms with Crippen LogP contribution in [0.3, 0.4) is 0 Å². The molecule has 0 saturated carbocycles. The van der Waals surface area contributed by atoms with E-state index >= 15 is 0 Å². The second-order valence-electron chi connectivity index (χ2n) is 3.18. The Balaban J connectivity index is 2.14. The number of rotatable bonds is 2. The van der Waals surface area contributed by atoms with Gasteiger partial charge in [-0.25, -0.2) is 0 Å². The number of nitrogens with zero attached hydrogens (tertiary/aromatic N) is 2. The summed E-state index contributed by atoms with van der Waals surface area (Å²) in [5.41, 5.74) is 1.25. The number of hydrogen-bond donors (Lipinski definition) is 1. The Hall–Kier alpha value is -0.870. The molecule has 0 bridgehead atoms. The highest BCUT2D eigenvalue weighted by molar-refractivity contribution is 7.98. The van der Waals surface area contributed by atoms with Crippen molar-refractivity contribution >= 4 is 11.9 Å². The highest BCUT2D eigenvalue weighted by atomic mass is 32.2. The van der Waals surface area contributed by atoms with Crippen molar-refractivity contribution in [2.24, 2.45) is 9.63 Å². The molecule has 14 heavy (non-hydrogen) atoms. The topological polar surface area (TPSA) is 36.8 Å². The lowest BCUT2D eigenvalue weighted by atomic mass is 10.1. The summed E-state index contributed by atoms with van der Waals surface area (Å²) in [6, 6.07) is 0.168. The molecule has 74 valence electrons.